The Balaban J connectivity index is 1.19. The number of aromatic amines is 1. The number of halogens is 1. The molecule has 1 fully saturated rings. The fourth-order valence-electron chi connectivity index (χ4n) is 4.61. The van der Waals surface area contributed by atoms with Crippen molar-refractivity contribution in [1.29, 1.82) is 0 Å². The van der Waals surface area contributed by atoms with Crippen LogP contribution in [0.5, 0.6) is 0 Å². The normalized spacial score (nSPS) is 14.8. The van der Waals surface area contributed by atoms with Crippen LogP contribution in [0.1, 0.15) is 28.8 Å². The van der Waals surface area contributed by atoms with Crippen LogP contribution in [0.3, 0.4) is 0 Å². The molecule has 7 nitrogen and oxygen atoms in total. The summed E-state index contributed by atoms with van der Waals surface area (Å²) in [6.45, 7) is 4.01. The molecule has 0 spiro atoms. The van der Waals surface area contributed by atoms with Crippen molar-refractivity contribution in [3.8, 4) is 0 Å². The van der Waals surface area contributed by atoms with E-state index in [0.29, 0.717) is 18.2 Å². The average Bonchev–Trinajstić information content (AvgIpc) is 3.33. The van der Waals surface area contributed by atoms with Crippen molar-refractivity contribution in [3.05, 3.63) is 89.9 Å². The predicted octanol–water partition coefficient (Wildman–Crippen LogP) is 4.00. The molecule has 0 radical (unpaired) electrons. The molecule has 3 heterocycles. The Morgan fingerprint density at radius 2 is 1.83 bits per heavy atom. The van der Waals surface area contributed by atoms with E-state index in [4.69, 9.17) is 4.98 Å². The van der Waals surface area contributed by atoms with Crippen molar-refractivity contribution in [2.24, 2.45) is 0 Å². The van der Waals surface area contributed by atoms with Gasteiger partial charge in [-0.3, -0.25) is 4.79 Å². The Bertz CT molecular complexity index is 1220. The van der Waals surface area contributed by atoms with E-state index < -0.39 is 0 Å². The number of carbonyl (C=O) groups is 1. The first-order chi connectivity index (χ1) is 17.2. The van der Waals surface area contributed by atoms with Crippen LogP contribution in [-0.4, -0.2) is 58.0 Å². The Morgan fingerprint density at radius 1 is 1.06 bits per heavy atom. The number of imidazole rings is 1. The number of anilines is 1. The van der Waals surface area contributed by atoms with E-state index in [2.05, 4.69) is 49.4 Å². The molecule has 35 heavy (non-hydrogen) atoms. The second-order valence-electron chi connectivity index (χ2n) is 8.88. The highest BCUT2D eigenvalue weighted by Gasteiger charge is 2.27. The van der Waals surface area contributed by atoms with Gasteiger partial charge in [0.15, 0.2) is 5.65 Å². The van der Waals surface area contributed by atoms with Crippen molar-refractivity contribution < 1.29 is 9.18 Å². The molecular weight excluding hydrogens is 443 g/mol. The van der Waals surface area contributed by atoms with E-state index in [0.717, 1.165) is 56.1 Å². The van der Waals surface area contributed by atoms with Gasteiger partial charge in [-0.1, -0.05) is 30.3 Å². The van der Waals surface area contributed by atoms with Crippen molar-refractivity contribution in [3.63, 3.8) is 0 Å². The molecule has 0 atom stereocenters. The minimum atomic E-state index is -0.343. The first-order valence-electron chi connectivity index (χ1n) is 12.0. The van der Waals surface area contributed by atoms with Crippen LogP contribution in [0.2, 0.25) is 0 Å². The fraction of sp³-hybridized carbons (Fsp3) is 0.296. The number of amides is 1. The molecule has 1 aliphatic rings. The minimum absolute atomic E-state index is 0.174. The van der Waals surface area contributed by atoms with Crippen molar-refractivity contribution in [1.82, 2.24) is 25.2 Å². The number of pyridine rings is 1. The number of rotatable bonds is 8. The second kappa shape index (κ2) is 10.7. The van der Waals surface area contributed by atoms with Gasteiger partial charge in [0, 0.05) is 50.5 Å². The molecule has 180 valence electrons. The molecule has 0 saturated carbocycles. The third-order valence-electron chi connectivity index (χ3n) is 6.53. The molecule has 1 aliphatic heterocycles. The molecule has 4 aromatic rings. The summed E-state index contributed by atoms with van der Waals surface area (Å²) < 4.78 is 13.1. The first kappa shape index (κ1) is 23.0. The van der Waals surface area contributed by atoms with Crippen LogP contribution in [0.15, 0.2) is 72.9 Å². The van der Waals surface area contributed by atoms with Gasteiger partial charge in [-0.25, -0.2) is 9.37 Å². The number of aromatic nitrogens is 3. The number of piperidine rings is 1. The standard InChI is InChI=1S/C27H29FN6O/c28-22-10-8-21(9-11-22)26(35)30-15-18-33-16-12-23(13-17-33)34(19-20-5-2-1-3-6-20)27-31-24-7-4-14-29-25(24)32-27/h1-11,14,23H,12-13,15-19H2,(H,30,35)(H,29,31,32). The number of likely N-dealkylation sites (tertiary alicyclic amines) is 1. The zero-order valence-electron chi connectivity index (χ0n) is 19.5. The van der Waals surface area contributed by atoms with E-state index in [1.54, 1.807) is 6.20 Å². The SMILES string of the molecule is O=C(NCCN1CCC(N(Cc2ccccc2)c2nc3ncccc3[nH]2)CC1)c1ccc(F)cc1. The van der Waals surface area contributed by atoms with Crippen LogP contribution in [0.4, 0.5) is 10.3 Å². The van der Waals surface area contributed by atoms with Crippen molar-refractivity contribution in [2.75, 3.05) is 31.1 Å². The lowest BCUT2D eigenvalue weighted by Gasteiger charge is -2.38. The number of hydrogen-bond acceptors (Lipinski definition) is 5. The number of benzene rings is 2. The molecule has 0 aliphatic carbocycles. The fourth-order valence-corrected chi connectivity index (χ4v) is 4.61. The number of hydrogen-bond donors (Lipinski definition) is 2. The number of fused-ring (bicyclic) bond motifs is 1. The summed E-state index contributed by atoms with van der Waals surface area (Å²) in [6.07, 6.45) is 3.77. The Labute approximate surface area is 204 Å². The number of carbonyl (C=O) groups excluding carboxylic acids is 1. The maximum absolute atomic E-state index is 13.1. The summed E-state index contributed by atoms with van der Waals surface area (Å²) in [5, 5.41) is 2.94. The van der Waals surface area contributed by atoms with Crippen LogP contribution in [0.25, 0.3) is 11.2 Å². The molecule has 2 aromatic heterocycles. The van der Waals surface area contributed by atoms with Gasteiger partial charge < -0.3 is 20.1 Å². The van der Waals surface area contributed by atoms with E-state index in [9.17, 15) is 9.18 Å². The second-order valence-corrected chi connectivity index (χ2v) is 8.88. The topological polar surface area (TPSA) is 77.2 Å². The van der Waals surface area contributed by atoms with E-state index >= 15 is 0 Å². The number of nitrogens with one attached hydrogen (secondary N) is 2. The largest absolute Gasteiger partial charge is 0.351 e. The predicted molar refractivity (Wildman–Crippen MR) is 135 cm³/mol. The third-order valence-corrected chi connectivity index (χ3v) is 6.53. The summed E-state index contributed by atoms with van der Waals surface area (Å²) >= 11 is 0. The van der Waals surface area contributed by atoms with E-state index in [-0.39, 0.29) is 11.7 Å². The lowest BCUT2D eigenvalue weighted by atomic mass is 10.0. The van der Waals surface area contributed by atoms with Gasteiger partial charge in [-0.05, 0) is 54.8 Å². The van der Waals surface area contributed by atoms with Crippen molar-refractivity contribution in [2.45, 2.75) is 25.4 Å². The van der Waals surface area contributed by atoms with Crippen LogP contribution >= 0.6 is 0 Å². The smallest absolute Gasteiger partial charge is 0.251 e. The summed E-state index contributed by atoms with van der Waals surface area (Å²) in [7, 11) is 0. The van der Waals surface area contributed by atoms with Crippen LogP contribution in [-0.2, 0) is 6.54 Å². The van der Waals surface area contributed by atoms with Crippen LogP contribution < -0.4 is 10.2 Å². The van der Waals surface area contributed by atoms with Gasteiger partial charge in [0.1, 0.15) is 5.82 Å². The highest BCUT2D eigenvalue weighted by molar-refractivity contribution is 5.94. The van der Waals surface area contributed by atoms with Gasteiger partial charge in [0.2, 0.25) is 5.95 Å². The van der Waals surface area contributed by atoms with E-state index in [1.807, 2.05) is 18.2 Å². The monoisotopic (exact) mass is 472 g/mol. The number of nitrogens with zero attached hydrogens (tertiary/aromatic N) is 4. The maximum Gasteiger partial charge on any atom is 0.251 e. The van der Waals surface area contributed by atoms with Crippen LogP contribution in [0, 0.1) is 5.82 Å². The van der Waals surface area contributed by atoms with Gasteiger partial charge in [-0.15, -0.1) is 0 Å². The maximum atomic E-state index is 13.1. The first-order valence-corrected chi connectivity index (χ1v) is 12.0. The lowest BCUT2D eigenvalue weighted by molar-refractivity contribution is 0.0945. The van der Waals surface area contributed by atoms with Gasteiger partial charge in [0.25, 0.3) is 5.91 Å². The molecular formula is C27H29FN6O. The summed E-state index contributed by atoms with van der Waals surface area (Å²) in [5.74, 6) is 0.338. The summed E-state index contributed by atoms with van der Waals surface area (Å²) in [5.41, 5.74) is 3.39. The molecule has 1 saturated heterocycles. The zero-order valence-corrected chi connectivity index (χ0v) is 19.5. The molecule has 8 heteroatoms. The third kappa shape index (κ3) is 5.66. The Hall–Kier alpha value is -3.78. The highest BCUT2D eigenvalue weighted by atomic mass is 19.1. The summed E-state index contributed by atoms with van der Waals surface area (Å²) in [4.78, 5) is 29.6. The highest BCUT2D eigenvalue weighted by Crippen LogP contribution is 2.25. The minimum Gasteiger partial charge on any atom is -0.351 e. The quantitative estimate of drug-likeness (QED) is 0.405. The Kier molecular flexibility index (Phi) is 6.99. The lowest BCUT2D eigenvalue weighted by Crippen LogP contribution is -2.47. The van der Waals surface area contributed by atoms with Gasteiger partial charge >= 0.3 is 0 Å². The molecule has 1 amide bonds. The number of H-pyrrole nitrogens is 1. The average molecular weight is 473 g/mol. The molecule has 0 bridgehead atoms. The van der Waals surface area contributed by atoms with Gasteiger partial charge in [-0.2, -0.15) is 4.98 Å². The summed E-state index contributed by atoms with van der Waals surface area (Å²) in [6, 6.07) is 20.3. The molecule has 5 rings (SSSR count). The molecule has 0 unspecified atom stereocenters. The zero-order chi connectivity index (χ0) is 24.0. The Morgan fingerprint density at radius 3 is 2.57 bits per heavy atom. The molecule has 2 N–H and O–H groups in total. The molecule has 2 aromatic carbocycles. The van der Waals surface area contributed by atoms with Gasteiger partial charge in [0.05, 0.1) is 5.52 Å². The van der Waals surface area contributed by atoms with E-state index in [1.165, 1.54) is 29.8 Å². The van der Waals surface area contributed by atoms with Crippen molar-refractivity contribution >= 4 is 23.0 Å².